The Labute approximate surface area is 172 Å². The van der Waals surface area contributed by atoms with E-state index in [4.69, 9.17) is 13.9 Å². The summed E-state index contributed by atoms with van der Waals surface area (Å²) in [5.74, 6) is 1.83. The average molecular weight is 401 g/mol. The van der Waals surface area contributed by atoms with Crippen molar-refractivity contribution in [2.45, 2.75) is 6.54 Å². The average Bonchev–Trinajstić information content (AvgIpc) is 3.27. The minimum atomic E-state index is 0.293. The predicted octanol–water partition coefficient (Wildman–Crippen LogP) is 4.26. The van der Waals surface area contributed by atoms with Crippen LogP contribution in [-0.2, 0) is 6.54 Å². The highest BCUT2D eigenvalue weighted by Gasteiger charge is 2.15. The van der Waals surface area contributed by atoms with E-state index in [0.717, 1.165) is 28.4 Å². The number of hydrogen-bond donors (Lipinski definition) is 2. The fourth-order valence-corrected chi connectivity index (χ4v) is 3.14. The second-order valence-electron chi connectivity index (χ2n) is 6.62. The first-order valence-electron chi connectivity index (χ1n) is 9.58. The second-order valence-corrected chi connectivity index (χ2v) is 6.62. The lowest BCUT2D eigenvalue weighted by Gasteiger charge is -2.18. The Morgan fingerprint density at radius 2 is 1.73 bits per heavy atom. The number of anilines is 3. The number of fused-ring (bicyclic) bond motifs is 1. The van der Waals surface area contributed by atoms with Crippen LogP contribution in [0, 0.1) is 0 Å². The van der Waals surface area contributed by atoms with E-state index < -0.39 is 0 Å². The molecule has 0 radical (unpaired) electrons. The van der Waals surface area contributed by atoms with E-state index in [9.17, 15) is 0 Å². The summed E-state index contributed by atoms with van der Waals surface area (Å²) in [6.07, 6.45) is 1.77. The number of hydrogen-bond acceptors (Lipinski definition) is 8. The van der Waals surface area contributed by atoms with Crippen LogP contribution >= 0.6 is 0 Å². The minimum Gasteiger partial charge on any atom is -0.486 e. The number of aromatic nitrogens is 3. The van der Waals surface area contributed by atoms with Gasteiger partial charge in [-0.2, -0.15) is 0 Å². The molecule has 5 rings (SSSR count). The van der Waals surface area contributed by atoms with Gasteiger partial charge in [0, 0.05) is 23.6 Å². The summed E-state index contributed by atoms with van der Waals surface area (Å²) in [6.45, 7) is 1.68. The van der Waals surface area contributed by atoms with Gasteiger partial charge in [-0.25, -0.2) is 0 Å². The molecule has 0 bridgehead atoms. The van der Waals surface area contributed by atoms with Gasteiger partial charge in [-0.05, 0) is 36.4 Å². The summed E-state index contributed by atoms with van der Waals surface area (Å²) in [6, 6.07) is 19.5. The molecule has 0 fully saturated rings. The maximum Gasteiger partial charge on any atom is 0.320 e. The highest BCUT2D eigenvalue weighted by Crippen LogP contribution is 2.34. The second kappa shape index (κ2) is 8.12. The molecule has 0 spiro atoms. The number of para-hydroxylation sites is 1. The van der Waals surface area contributed by atoms with Gasteiger partial charge in [0.2, 0.25) is 0 Å². The summed E-state index contributed by atoms with van der Waals surface area (Å²) < 4.78 is 17.0. The number of benzene rings is 2. The van der Waals surface area contributed by atoms with Crippen molar-refractivity contribution in [3.63, 3.8) is 0 Å². The minimum absolute atomic E-state index is 0.293. The molecular formula is C22H19N5O3. The smallest absolute Gasteiger partial charge is 0.320 e. The van der Waals surface area contributed by atoms with Gasteiger partial charge in [0.1, 0.15) is 13.2 Å². The number of rotatable bonds is 6. The molecule has 1 aliphatic heterocycles. The highest BCUT2D eigenvalue weighted by atomic mass is 16.6. The molecule has 0 unspecified atom stereocenters. The van der Waals surface area contributed by atoms with E-state index in [1.165, 1.54) is 0 Å². The molecule has 2 aromatic heterocycles. The van der Waals surface area contributed by atoms with Gasteiger partial charge < -0.3 is 24.5 Å². The fourth-order valence-electron chi connectivity index (χ4n) is 3.14. The summed E-state index contributed by atoms with van der Waals surface area (Å²) in [4.78, 5) is 4.33. The zero-order valence-corrected chi connectivity index (χ0v) is 16.0. The number of nitrogens with one attached hydrogen (secondary N) is 2. The summed E-state index contributed by atoms with van der Waals surface area (Å²) in [7, 11) is 0. The predicted molar refractivity (Wildman–Crippen MR) is 112 cm³/mol. The molecule has 0 aliphatic carbocycles. The molecule has 2 aromatic carbocycles. The van der Waals surface area contributed by atoms with Crippen LogP contribution in [0.15, 0.2) is 71.3 Å². The van der Waals surface area contributed by atoms with Gasteiger partial charge in [0.05, 0.1) is 17.8 Å². The van der Waals surface area contributed by atoms with Gasteiger partial charge >= 0.3 is 6.01 Å². The van der Waals surface area contributed by atoms with Gasteiger partial charge in [-0.15, -0.1) is 5.10 Å². The van der Waals surface area contributed by atoms with E-state index in [-0.39, 0.29) is 0 Å². The van der Waals surface area contributed by atoms with E-state index in [1.807, 2.05) is 60.7 Å². The van der Waals surface area contributed by atoms with Crippen molar-refractivity contribution in [3.05, 3.63) is 72.6 Å². The molecule has 2 N–H and O–H groups in total. The Balaban J connectivity index is 1.33. The van der Waals surface area contributed by atoms with Crippen LogP contribution in [0.3, 0.4) is 0 Å². The number of ether oxygens (including phenoxy) is 2. The molecule has 30 heavy (non-hydrogen) atoms. The van der Waals surface area contributed by atoms with Gasteiger partial charge in [-0.3, -0.25) is 4.98 Å². The SMILES string of the molecule is c1ccc(CNc2ccccc2-c2nnc(Nc3ccc4c(c3)OCCO4)o2)nc1. The molecule has 1 aliphatic rings. The molecule has 0 amide bonds. The summed E-state index contributed by atoms with van der Waals surface area (Å²) >= 11 is 0. The number of nitrogens with zero attached hydrogens (tertiary/aromatic N) is 3. The fraction of sp³-hybridized carbons (Fsp3) is 0.136. The van der Waals surface area contributed by atoms with Gasteiger partial charge in [0.25, 0.3) is 5.89 Å². The first kappa shape index (κ1) is 18.0. The molecule has 4 aromatic rings. The molecule has 8 heteroatoms. The van der Waals surface area contributed by atoms with Crippen molar-refractivity contribution in [1.29, 1.82) is 0 Å². The molecule has 0 atom stereocenters. The topological polar surface area (TPSA) is 94.3 Å². The summed E-state index contributed by atoms with van der Waals surface area (Å²) in [5, 5.41) is 14.8. The maximum atomic E-state index is 5.85. The van der Waals surface area contributed by atoms with Crippen molar-refractivity contribution in [3.8, 4) is 23.0 Å². The zero-order chi connectivity index (χ0) is 20.2. The summed E-state index contributed by atoms with van der Waals surface area (Å²) in [5.41, 5.74) is 3.42. The van der Waals surface area contributed by atoms with Crippen molar-refractivity contribution < 1.29 is 13.9 Å². The van der Waals surface area contributed by atoms with Crippen molar-refractivity contribution in [1.82, 2.24) is 15.2 Å². The molecule has 3 heterocycles. The van der Waals surface area contributed by atoms with Crippen molar-refractivity contribution >= 4 is 17.4 Å². The van der Waals surface area contributed by atoms with Crippen LogP contribution in [-0.4, -0.2) is 28.4 Å². The molecule has 8 nitrogen and oxygen atoms in total. The lowest BCUT2D eigenvalue weighted by Crippen LogP contribution is -2.15. The van der Waals surface area contributed by atoms with Gasteiger partial charge in [0.15, 0.2) is 11.5 Å². The van der Waals surface area contributed by atoms with Crippen LogP contribution in [0.4, 0.5) is 17.4 Å². The van der Waals surface area contributed by atoms with E-state index in [1.54, 1.807) is 6.20 Å². The first-order valence-corrected chi connectivity index (χ1v) is 9.58. The van der Waals surface area contributed by atoms with Crippen LogP contribution < -0.4 is 20.1 Å². The first-order chi connectivity index (χ1) is 14.8. The monoisotopic (exact) mass is 401 g/mol. The Morgan fingerprint density at radius 3 is 2.63 bits per heavy atom. The van der Waals surface area contributed by atoms with Crippen molar-refractivity contribution in [2.75, 3.05) is 23.8 Å². The Kier molecular flexibility index (Phi) is 4.87. The van der Waals surface area contributed by atoms with Crippen LogP contribution in [0.5, 0.6) is 11.5 Å². The maximum absolute atomic E-state index is 5.85. The normalized spacial score (nSPS) is 12.4. The lowest BCUT2D eigenvalue weighted by atomic mass is 10.1. The Morgan fingerprint density at radius 1 is 0.867 bits per heavy atom. The lowest BCUT2D eigenvalue weighted by molar-refractivity contribution is 0.171. The van der Waals surface area contributed by atoms with E-state index >= 15 is 0 Å². The Hall–Kier alpha value is -4.07. The largest absolute Gasteiger partial charge is 0.486 e. The molecule has 150 valence electrons. The molecular weight excluding hydrogens is 382 g/mol. The van der Waals surface area contributed by atoms with Crippen molar-refractivity contribution in [2.24, 2.45) is 0 Å². The van der Waals surface area contributed by atoms with Crippen LogP contribution in [0.2, 0.25) is 0 Å². The molecule has 0 saturated carbocycles. The Bertz CT molecular complexity index is 1150. The van der Waals surface area contributed by atoms with E-state index in [0.29, 0.717) is 37.4 Å². The van der Waals surface area contributed by atoms with E-state index in [2.05, 4.69) is 25.8 Å². The molecule has 0 saturated heterocycles. The zero-order valence-electron chi connectivity index (χ0n) is 16.0. The van der Waals surface area contributed by atoms with Crippen LogP contribution in [0.25, 0.3) is 11.5 Å². The number of pyridine rings is 1. The van der Waals surface area contributed by atoms with Crippen LogP contribution in [0.1, 0.15) is 5.69 Å². The quantitative estimate of drug-likeness (QED) is 0.495. The van der Waals surface area contributed by atoms with Gasteiger partial charge in [-0.1, -0.05) is 23.3 Å². The standard InChI is InChI=1S/C22H19N5O3/c1-2-7-18(24-14-16-5-3-4-10-23-16)17(6-1)21-26-27-22(30-21)25-15-8-9-19-20(13-15)29-12-11-28-19/h1-10,13,24H,11-12,14H2,(H,25,27). The third-order valence-electron chi connectivity index (χ3n) is 4.56. The highest BCUT2D eigenvalue weighted by molar-refractivity contribution is 5.72. The third-order valence-corrected chi connectivity index (χ3v) is 4.56. The third kappa shape index (κ3) is 3.88.